The van der Waals surface area contributed by atoms with Crippen molar-refractivity contribution in [3.8, 4) is 17.3 Å². The minimum absolute atomic E-state index is 0. The topological polar surface area (TPSA) is 46.3 Å². The third-order valence-electron chi connectivity index (χ3n) is 7.28. The van der Waals surface area contributed by atoms with E-state index in [4.69, 9.17) is 9.72 Å². The number of hydrogen-bond acceptors (Lipinski definition) is 4. The second kappa shape index (κ2) is 10.4. The van der Waals surface area contributed by atoms with Gasteiger partial charge in [-0.05, 0) is 46.7 Å². The van der Waals surface area contributed by atoms with Crippen LogP contribution in [0.2, 0.25) is 0 Å². The molecular formula is C34H29N4O2Pt-. The number of rotatable bonds is 4. The van der Waals surface area contributed by atoms with Gasteiger partial charge in [-0.2, -0.15) is 17.1 Å². The van der Waals surface area contributed by atoms with Gasteiger partial charge in [-0.1, -0.05) is 56.6 Å². The van der Waals surface area contributed by atoms with Gasteiger partial charge in [0.05, 0.1) is 7.05 Å². The smallest absolute Gasteiger partial charge is 0.145 e. The van der Waals surface area contributed by atoms with Crippen molar-refractivity contribution in [3.05, 3.63) is 115 Å². The first kappa shape index (κ1) is 27.1. The number of hydrogen-bond donors (Lipinski definition) is 0. The van der Waals surface area contributed by atoms with E-state index >= 15 is 0 Å². The normalized spacial score (nSPS) is 13.0. The molecule has 0 saturated carbocycles. The molecule has 7 rings (SSSR count). The molecule has 0 aliphatic carbocycles. The molecule has 0 fully saturated rings. The van der Waals surface area contributed by atoms with Gasteiger partial charge in [0, 0.05) is 50.0 Å². The quantitative estimate of drug-likeness (QED) is 0.136. The van der Waals surface area contributed by atoms with Gasteiger partial charge in [0.2, 0.25) is 0 Å². The summed E-state index contributed by atoms with van der Waals surface area (Å²) < 4.78 is 8.51. The van der Waals surface area contributed by atoms with E-state index in [-0.39, 0.29) is 26.5 Å². The Labute approximate surface area is 253 Å². The summed E-state index contributed by atoms with van der Waals surface area (Å²) in [5.41, 5.74) is 6.06. The molecule has 6 aromatic rings. The van der Waals surface area contributed by atoms with Crippen molar-refractivity contribution in [2.75, 3.05) is 17.2 Å². The summed E-state index contributed by atoms with van der Waals surface area (Å²) in [4.78, 5) is 9.44. The molecule has 0 unspecified atom stereocenters. The Balaban J connectivity index is 0.00000302. The number of hydroxylamine groups is 1. The molecule has 41 heavy (non-hydrogen) atoms. The van der Waals surface area contributed by atoms with Crippen LogP contribution in [0, 0.1) is 12.1 Å². The molecule has 1 aliphatic heterocycles. The van der Waals surface area contributed by atoms with Gasteiger partial charge < -0.3 is 9.30 Å². The Kier molecular flexibility index (Phi) is 6.85. The van der Waals surface area contributed by atoms with Crippen LogP contribution in [0.25, 0.3) is 27.6 Å². The summed E-state index contributed by atoms with van der Waals surface area (Å²) in [6, 6.07) is 37.6. The predicted octanol–water partition coefficient (Wildman–Crippen LogP) is 8.29. The minimum Gasteiger partial charge on any atom is -0.509 e. The molecule has 3 heterocycles. The van der Waals surface area contributed by atoms with Crippen molar-refractivity contribution < 1.29 is 30.7 Å². The van der Waals surface area contributed by atoms with Gasteiger partial charge in [0.15, 0.2) is 0 Å². The Morgan fingerprint density at radius 1 is 0.780 bits per heavy atom. The first-order valence-corrected chi connectivity index (χ1v) is 13.3. The van der Waals surface area contributed by atoms with Gasteiger partial charge in [-0.15, -0.1) is 45.8 Å². The maximum atomic E-state index is 6.34. The third-order valence-corrected chi connectivity index (χ3v) is 7.28. The molecule has 1 N–H and O–H groups in total. The van der Waals surface area contributed by atoms with E-state index in [1.807, 2.05) is 65.8 Å². The fourth-order valence-corrected chi connectivity index (χ4v) is 5.24. The number of benzene rings is 4. The zero-order chi connectivity index (χ0) is 27.4. The summed E-state index contributed by atoms with van der Waals surface area (Å²) >= 11 is 0. The van der Waals surface area contributed by atoms with Crippen LogP contribution in [-0.2, 0) is 26.5 Å². The summed E-state index contributed by atoms with van der Waals surface area (Å²) in [6.45, 7) is 6.65. The Hall–Kier alpha value is -4.12. The summed E-state index contributed by atoms with van der Waals surface area (Å²) in [7, 11) is 1.94. The molecule has 0 radical (unpaired) electrons. The van der Waals surface area contributed by atoms with E-state index in [0.29, 0.717) is 11.5 Å². The molecule has 0 bridgehead atoms. The predicted molar refractivity (Wildman–Crippen MR) is 160 cm³/mol. The SMILES string of the molecule is CN1[OH+]N(c2[c-]c(Oc3[c-]c4c(cc3)c3ccccc3n4-c3cc(C(C)(C)C)ccn3)ccc2)c2ccccc21.[Pt]. The van der Waals surface area contributed by atoms with Crippen molar-refractivity contribution >= 4 is 38.9 Å². The van der Waals surface area contributed by atoms with E-state index in [0.717, 1.165) is 44.7 Å². The van der Waals surface area contributed by atoms with Crippen molar-refractivity contribution in [1.82, 2.24) is 9.55 Å². The maximum Gasteiger partial charge on any atom is 0.145 e. The van der Waals surface area contributed by atoms with Crippen molar-refractivity contribution in [2.45, 2.75) is 26.2 Å². The fraction of sp³-hybridized carbons (Fsp3) is 0.147. The number of pyridine rings is 1. The summed E-state index contributed by atoms with van der Waals surface area (Å²) in [5.74, 6) is 2.05. The van der Waals surface area contributed by atoms with Gasteiger partial charge in [0.25, 0.3) is 0 Å². The maximum absolute atomic E-state index is 6.34. The average Bonchev–Trinajstić information content (AvgIpc) is 3.47. The Bertz CT molecular complexity index is 1890. The molecule has 0 amide bonds. The first-order chi connectivity index (χ1) is 19.4. The molecule has 208 valence electrons. The Morgan fingerprint density at radius 2 is 1.54 bits per heavy atom. The van der Waals surface area contributed by atoms with E-state index in [9.17, 15) is 0 Å². The zero-order valence-electron chi connectivity index (χ0n) is 23.2. The van der Waals surface area contributed by atoms with Crippen molar-refractivity contribution in [1.29, 1.82) is 0 Å². The van der Waals surface area contributed by atoms with Crippen LogP contribution < -0.4 is 14.9 Å². The van der Waals surface area contributed by atoms with E-state index < -0.39 is 0 Å². The van der Waals surface area contributed by atoms with Crippen LogP contribution in [0.1, 0.15) is 26.3 Å². The van der Waals surface area contributed by atoms with E-state index in [1.165, 1.54) is 5.56 Å². The number of ether oxygens (including phenoxy) is 1. The molecule has 4 aromatic carbocycles. The van der Waals surface area contributed by atoms with Crippen LogP contribution in [0.4, 0.5) is 17.1 Å². The largest absolute Gasteiger partial charge is 0.509 e. The number of para-hydroxylation sites is 3. The zero-order valence-corrected chi connectivity index (χ0v) is 25.5. The monoisotopic (exact) mass is 720 g/mol. The van der Waals surface area contributed by atoms with Crippen LogP contribution in [-0.4, -0.2) is 21.5 Å². The summed E-state index contributed by atoms with van der Waals surface area (Å²) in [6.07, 6.45) is 1.89. The third kappa shape index (κ3) is 4.77. The number of anilines is 3. The molecule has 0 saturated heterocycles. The van der Waals surface area contributed by atoms with E-state index in [2.05, 4.69) is 90.9 Å². The molecule has 7 heteroatoms. The van der Waals surface area contributed by atoms with Crippen molar-refractivity contribution in [2.24, 2.45) is 0 Å². The first-order valence-electron chi connectivity index (χ1n) is 13.3. The van der Waals surface area contributed by atoms with Gasteiger partial charge in [-0.25, -0.2) is 4.98 Å². The van der Waals surface area contributed by atoms with E-state index in [1.54, 1.807) is 0 Å². The number of fused-ring (bicyclic) bond motifs is 4. The number of aromatic nitrogens is 2. The standard InChI is InChI=1S/C34H28N4O2.Pt/c1-34(2,3)23-18-19-35-33(20-23)37-29-13-6-5-12-27(29)28-17-16-26(22-32(28)37)39-25-11-9-10-24(21-25)38-31-15-8-7-14-30(31)36(4)40-38;/h5-20H,1-4H3;/q-2;/p+1. The van der Waals surface area contributed by atoms with Crippen LogP contribution in [0.5, 0.6) is 11.5 Å². The number of nitrogens with zero attached hydrogens (tertiary/aromatic N) is 4. The van der Waals surface area contributed by atoms with Gasteiger partial charge in [0.1, 0.15) is 17.2 Å². The van der Waals surface area contributed by atoms with Gasteiger partial charge >= 0.3 is 0 Å². The molecule has 0 spiro atoms. The molecule has 1 aliphatic rings. The molecule has 6 nitrogen and oxygen atoms in total. The average molecular weight is 721 g/mol. The second-order valence-corrected chi connectivity index (χ2v) is 11.0. The molecule has 0 atom stereocenters. The molecule has 2 aromatic heterocycles. The summed E-state index contributed by atoms with van der Waals surface area (Å²) in [5, 5.41) is 5.98. The van der Waals surface area contributed by atoms with Crippen molar-refractivity contribution in [3.63, 3.8) is 0 Å². The van der Waals surface area contributed by atoms with Crippen LogP contribution in [0.15, 0.2) is 97.2 Å². The van der Waals surface area contributed by atoms with Crippen LogP contribution >= 0.6 is 0 Å². The fourth-order valence-electron chi connectivity index (χ4n) is 5.24. The Morgan fingerprint density at radius 3 is 2.37 bits per heavy atom. The van der Waals surface area contributed by atoms with Crippen LogP contribution in [0.3, 0.4) is 0 Å². The second-order valence-electron chi connectivity index (χ2n) is 11.0. The minimum atomic E-state index is 0. The molecular weight excluding hydrogens is 691 g/mol. The van der Waals surface area contributed by atoms with Gasteiger partial charge in [-0.3, -0.25) is 0 Å².